The van der Waals surface area contributed by atoms with Gasteiger partial charge in [-0.3, -0.25) is 9.59 Å². The molecular weight excluding hydrogens is 384 g/mol. The number of rotatable bonds is 10. The van der Waals surface area contributed by atoms with Gasteiger partial charge in [-0.15, -0.1) is 0 Å². The summed E-state index contributed by atoms with van der Waals surface area (Å²) in [7, 11) is 0. The summed E-state index contributed by atoms with van der Waals surface area (Å²) in [6, 6.07) is 17.9. The molecular formula is C27H38N2O2. The molecule has 2 rings (SSSR count). The van der Waals surface area contributed by atoms with Gasteiger partial charge in [0.15, 0.2) is 0 Å². The van der Waals surface area contributed by atoms with E-state index in [2.05, 4.69) is 57.3 Å². The van der Waals surface area contributed by atoms with Crippen molar-refractivity contribution in [1.82, 2.24) is 10.2 Å². The van der Waals surface area contributed by atoms with Gasteiger partial charge >= 0.3 is 0 Å². The van der Waals surface area contributed by atoms with Crippen LogP contribution in [-0.4, -0.2) is 29.3 Å². The second kappa shape index (κ2) is 11.7. The van der Waals surface area contributed by atoms with Crippen LogP contribution in [-0.2, 0) is 28.0 Å². The van der Waals surface area contributed by atoms with Gasteiger partial charge < -0.3 is 10.2 Å². The maximum Gasteiger partial charge on any atom is 0.242 e. The summed E-state index contributed by atoms with van der Waals surface area (Å²) in [6.45, 7) is 11.6. The van der Waals surface area contributed by atoms with Crippen LogP contribution in [0.25, 0.3) is 0 Å². The summed E-state index contributed by atoms with van der Waals surface area (Å²) >= 11 is 0. The van der Waals surface area contributed by atoms with Gasteiger partial charge in [0.05, 0.1) is 0 Å². The molecule has 4 heteroatoms. The molecule has 0 aliphatic carbocycles. The first kappa shape index (κ1) is 24.6. The minimum Gasteiger partial charge on any atom is -0.354 e. The number of nitrogens with one attached hydrogen (secondary N) is 1. The fourth-order valence-electron chi connectivity index (χ4n) is 3.47. The van der Waals surface area contributed by atoms with Gasteiger partial charge in [0, 0.05) is 19.5 Å². The van der Waals surface area contributed by atoms with E-state index in [0.29, 0.717) is 25.9 Å². The van der Waals surface area contributed by atoms with E-state index in [9.17, 15) is 9.59 Å². The first-order chi connectivity index (χ1) is 14.7. The number of carbonyl (C=O) groups is 2. The molecule has 0 fully saturated rings. The van der Waals surface area contributed by atoms with Gasteiger partial charge in [0.2, 0.25) is 11.8 Å². The molecule has 2 amide bonds. The van der Waals surface area contributed by atoms with Gasteiger partial charge in [0.1, 0.15) is 6.04 Å². The Bertz CT molecular complexity index is 823. The zero-order chi connectivity index (χ0) is 22.9. The second-order valence-corrected chi connectivity index (χ2v) is 9.27. The van der Waals surface area contributed by atoms with Crippen LogP contribution < -0.4 is 5.32 Å². The van der Waals surface area contributed by atoms with Crippen LogP contribution in [0.4, 0.5) is 0 Å². The molecule has 0 saturated carbocycles. The predicted octanol–water partition coefficient (Wildman–Crippen LogP) is 5.25. The number of nitrogens with zero attached hydrogens (tertiary/aromatic N) is 1. The summed E-state index contributed by atoms with van der Waals surface area (Å²) < 4.78 is 0. The van der Waals surface area contributed by atoms with Crippen molar-refractivity contribution in [2.24, 2.45) is 0 Å². The molecule has 2 aromatic rings. The molecule has 4 nitrogen and oxygen atoms in total. The summed E-state index contributed by atoms with van der Waals surface area (Å²) in [5.74, 6) is -0.0887. The van der Waals surface area contributed by atoms with Crippen molar-refractivity contribution < 1.29 is 9.59 Å². The first-order valence-electron chi connectivity index (χ1n) is 11.4. The first-order valence-corrected chi connectivity index (χ1v) is 11.4. The van der Waals surface area contributed by atoms with Crippen LogP contribution in [0, 0.1) is 0 Å². The van der Waals surface area contributed by atoms with Crippen LogP contribution in [0.15, 0.2) is 54.6 Å². The van der Waals surface area contributed by atoms with Crippen molar-refractivity contribution in [2.45, 2.75) is 78.3 Å². The highest BCUT2D eigenvalue weighted by atomic mass is 16.2. The molecule has 31 heavy (non-hydrogen) atoms. The molecule has 0 aliphatic rings. The highest BCUT2D eigenvalue weighted by Crippen LogP contribution is 2.22. The monoisotopic (exact) mass is 422 g/mol. The highest BCUT2D eigenvalue weighted by molar-refractivity contribution is 5.87. The number of benzene rings is 2. The third kappa shape index (κ3) is 7.86. The lowest BCUT2D eigenvalue weighted by molar-refractivity contribution is -0.140. The Hall–Kier alpha value is -2.62. The maximum absolute atomic E-state index is 13.2. The van der Waals surface area contributed by atoms with E-state index in [4.69, 9.17) is 0 Å². The second-order valence-electron chi connectivity index (χ2n) is 9.27. The lowest BCUT2D eigenvalue weighted by atomic mass is 9.86. The van der Waals surface area contributed by atoms with Crippen molar-refractivity contribution in [3.05, 3.63) is 71.3 Å². The molecule has 0 saturated heterocycles. The summed E-state index contributed by atoms with van der Waals surface area (Å²) in [5, 5.41) is 2.97. The third-order valence-electron chi connectivity index (χ3n) is 5.64. The minimum atomic E-state index is -0.507. The van der Waals surface area contributed by atoms with E-state index in [0.717, 1.165) is 24.0 Å². The van der Waals surface area contributed by atoms with Crippen LogP contribution >= 0.6 is 0 Å². The number of hydrogen-bond donors (Lipinski definition) is 1. The van der Waals surface area contributed by atoms with Crippen molar-refractivity contribution in [3.63, 3.8) is 0 Å². The van der Waals surface area contributed by atoms with Crippen LogP contribution in [0.1, 0.15) is 70.6 Å². The largest absolute Gasteiger partial charge is 0.354 e. The van der Waals surface area contributed by atoms with Crippen molar-refractivity contribution >= 4 is 11.8 Å². The lowest BCUT2D eigenvalue weighted by Crippen LogP contribution is -2.47. The van der Waals surface area contributed by atoms with E-state index in [1.54, 1.807) is 4.90 Å². The maximum atomic E-state index is 13.2. The van der Waals surface area contributed by atoms with E-state index >= 15 is 0 Å². The molecule has 0 unspecified atom stereocenters. The molecule has 168 valence electrons. The van der Waals surface area contributed by atoms with E-state index in [-0.39, 0.29) is 17.2 Å². The average Bonchev–Trinajstić information content (AvgIpc) is 2.76. The van der Waals surface area contributed by atoms with Crippen molar-refractivity contribution in [2.75, 3.05) is 6.54 Å². The smallest absolute Gasteiger partial charge is 0.242 e. The third-order valence-corrected chi connectivity index (χ3v) is 5.64. The van der Waals surface area contributed by atoms with Crippen LogP contribution in [0.3, 0.4) is 0 Å². The van der Waals surface area contributed by atoms with Gasteiger partial charge in [-0.25, -0.2) is 0 Å². The SMILES string of the molecule is CCCCNC(=O)[C@@H](C)N(Cc1ccccc1)C(=O)CCc1ccc(C(C)(C)C)cc1. The summed E-state index contributed by atoms with van der Waals surface area (Å²) in [6.07, 6.45) is 3.01. The van der Waals surface area contributed by atoms with Gasteiger partial charge in [-0.2, -0.15) is 0 Å². The van der Waals surface area contributed by atoms with Gasteiger partial charge in [-0.05, 0) is 41.9 Å². The number of carbonyl (C=O) groups excluding carboxylic acids is 2. The average molecular weight is 423 g/mol. The minimum absolute atomic E-state index is 0.00175. The number of amides is 2. The molecule has 0 aromatic heterocycles. The van der Waals surface area contributed by atoms with Crippen LogP contribution in [0.5, 0.6) is 0 Å². The fourth-order valence-corrected chi connectivity index (χ4v) is 3.47. The Kier molecular flexibility index (Phi) is 9.29. The Balaban J connectivity index is 2.07. The van der Waals surface area contributed by atoms with E-state index in [1.807, 2.05) is 37.3 Å². The zero-order valence-electron chi connectivity index (χ0n) is 19.8. The number of unbranched alkanes of at least 4 members (excludes halogenated alkanes) is 1. The van der Waals surface area contributed by atoms with Crippen molar-refractivity contribution in [3.8, 4) is 0 Å². The molecule has 0 aliphatic heterocycles. The lowest BCUT2D eigenvalue weighted by Gasteiger charge is -2.29. The molecule has 0 radical (unpaired) electrons. The highest BCUT2D eigenvalue weighted by Gasteiger charge is 2.25. The molecule has 0 bridgehead atoms. The molecule has 2 aromatic carbocycles. The molecule has 0 spiro atoms. The standard InChI is InChI=1S/C27H38N2O2/c1-6-7-19-28-26(31)21(2)29(20-23-11-9-8-10-12-23)25(30)18-15-22-13-16-24(17-14-22)27(3,4)5/h8-14,16-17,21H,6-7,15,18-20H2,1-5H3,(H,28,31)/t21-/m1/s1. The van der Waals surface area contributed by atoms with Gasteiger partial charge in [-0.1, -0.05) is 88.7 Å². The zero-order valence-corrected chi connectivity index (χ0v) is 19.8. The molecule has 1 N–H and O–H groups in total. The van der Waals surface area contributed by atoms with E-state index < -0.39 is 6.04 Å². The molecule has 1 atom stereocenters. The Morgan fingerprint density at radius 2 is 1.61 bits per heavy atom. The topological polar surface area (TPSA) is 49.4 Å². The molecule has 0 heterocycles. The van der Waals surface area contributed by atoms with Crippen molar-refractivity contribution in [1.29, 1.82) is 0 Å². The Labute approximate surface area is 188 Å². The van der Waals surface area contributed by atoms with Crippen LogP contribution in [0.2, 0.25) is 0 Å². The summed E-state index contributed by atoms with van der Waals surface area (Å²) in [4.78, 5) is 27.5. The fraction of sp³-hybridized carbons (Fsp3) is 0.481. The van der Waals surface area contributed by atoms with Gasteiger partial charge in [0.25, 0.3) is 0 Å². The Morgan fingerprint density at radius 1 is 0.968 bits per heavy atom. The summed E-state index contributed by atoms with van der Waals surface area (Å²) in [5.41, 5.74) is 3.56. The van der Waals surface area contributed by atoms with E-state index in [1.165, 1.54) is 5.56 Å². The number of aryl methyl sites for hydroxylation is 1. The quantitative estimate of drug-likeness (QED) is 0.532. The predicted molar refractivity (Wildman–Crippen MR) is 128 cm³/mol. The number of hydrogen-bond acceptors (Lipinski definition) is 2. The Morgan fingerprint density at radius 3 is 2.19 bits per heavy atom. The normalized spacial score (nSPS) is 12.3.